The van der Waals surface area contributed by atoms with E-state index in [1.807, 2.05) is 4.81 Å². The molecule has 3 heteroatoms. The minimum atomic E-state index is -0.204. The quantitative estimate of drug-likeness (QED) is 0.340. The molecule has 0 amide bonds. The summed E-state index contributed by atoms with van der Waals surface area (Å²) in [6.45, 7) is 3.95. The summed E-state index contributed by atoms with van der Waals surface area (Å²) >= 11 is 0. The van der Waals surface area contributed by atoms with Gasteiger partial charge < -0.3 is 9.83 Å². The highest BCUT2D eigenvalue weighted by Crippen LogP contribution is 2.02. The molecule has 1 aliphatic rings. The van der Waals surface area contributed by atoms with Crippen molar-refractivity contribution in [2.45, 2.75) is 6.82 Å². The highest BCUT2D eigenvalue weighted by molar-refractivity contribution is 6.46. The lowest BCUT2D eigenvalue weighted by Gasteiger charge is -1.92. The van der Waals surface area contributed by atoms with E-state index >= 15 is 0 Å². The Bertz CT molecular complexity index is 52.8. The second kappa shape index (κ2) is 1.24. The van der Waals surface area contributed by atoms with Gasteiger partial charge in [0.2, 0.25) is 0 Å². The molecule has 1 fully saturated rings. The first-order valence-electron chi connectivity index (χ1n) is 2.23. The molecule has 34 valence electrons. The van der Waals surface area contributed by atoms with Crippen molar-refractivity contribution in [3.63, 3.8) is 0 Å². The van der Waals surface area contributed by atoms with Crippen molar-refractivity contribution in [3.05, 3.63) is 0 Å². The molecule has 0 saturated carbocycles. The molecule has 0 aliphatic carbocycles. The number of nitrogens with zero attached hydrogens (tertiary/aromatic N) is 1. The van der Waals surface area contributed by atoms with E-state index in [-0.39, 0.29) is 7.05 Å². The summed E-state index contributed by atoms with van der Waals surface area (Å²) in [7, 11) is -0.204. The molecule has 0 unspecified atom stereocenters. The summed E-state index contributed by atoms with van der Waals surface area (Å²) < 4.78 is 0. The standard InChI is InChI=1S/C3H8BNO/c1-4(6)5-2-3-5/h6H,2-3H2,1H3. The zero-order valence-electron chi connectivity index (χ0n) is 3.89. The van der Waals surface area contributed by atoms with Crippen LogP contribution in [0.4, 0.5) is 0 Å². The molecule has 0 atom stereocenters. The largest absolute Gasteiger partial charge is 0.437 e. The van der Waals surface area contributed by atoms with Crippen LogP contribution in [0.1, 0.15) is 0 Å². The van der Waals surface area contributed by atoms with Gasteiger partial charge in [0, 0.05) is 13.1 Å². The van der Waals surface area contributed by atoms with Crippen LogP contribution in [0.3, 0.4) is 0 Å². The Kier molecular flexibility index (Phi) is 0.859. The molecule has 2 nitrogen and oxygen atoms in total. The Morgan fingerprint density at radius 2 is 2.17 bits per heavy atom. The normalized spacial score (nSPS) is 21.0. The van der Waals surface area contributed by atoms with E-state index in [9.17, 15) is 0 Å². The van der Waals surface area contributed by atoms with Gasteiger partial charge in [-0.25, -0.2) is 0 Å². The van der Waals surface area contributed by atoms with Gasteiger partial charge in [-0.15, -0.1) is 0 Å². The molecule has 1 heterocycles. The zero-order chi connectivity index (χ0) is 4.57. The Balaban J connectivity index is 2.13. The number of hydrogen-bond donors (Lipinski definition) is 1. The maximum atomic E-state index is 8.62. The maximum absolute atomic E-state index is 8.62. The predicted octanol–water partition coefficient (Wildman–Crippen LogP) is -0.588. The van der Waals surface area contributed by atoms with Crippen LogP contribution in [0.15, 0.2) is 0 Å². The van der Waals surface area contributed by atoms with Crippen LogP contribution in [0, 0.1) is 0 Å². The van der Waals surface area contributed by atoms with Crippen LogP contribution in [-0.2, 0) is 0 Å². The summed E-state index contributed by atoms with van der Waals surface area (Å²) in [6.07, 6.45) is 0. The van der Waals surface area contributed by atoms with Crippen molar-refractivity contribution in [2.75, 3.05) is 13.1 Å². The predicted molar refractivity (Wildman–Crippen MR) is 25.4 cm³/mol. The first kappa shape index (κ1) is 4.15. The summed E-state index contributed by atoms with van der Waals surface area (Å²) in [6, 6.07) is 0. The lowest BCUT2D eigenvalue weighted by molar-refractivity contribution is 0.524. The molecule has 0 radical (unpaired) electrons. The number of rotatable bonds is 1. The van der Waals surface area contributed by atoms with Gasteiger partial charge in [0.15, 0.2) is 0 Å². The minimum absolute atomic E-state index is 0.204. The van der Waals surface area contributed by atoms with Gasteiger partial charge in [0.1, 0.15) is 0 Å². The average Bonchev–Trinajstić information content (AvgIpc) is 2.06. The molecule has 1 N–H and O–H groups in total. The van der Waals surface area contributed by atoms with Crippen LogP contribution in [0.5, 0.6) is 0 Å². The topological polar surface area (TPSA) is 23.2 Å². The van der Waals surface area contributed by atoms with Crippen molar-refractivity contribution in [1.82, 2.24) is 4.81 Å². The fraction of sp³-hybridized carbons (Fsp3) is 1.00. The van der Waals surface area contributed by atoms with Crippen LogP contribution in [0.25, 0.3) is 0 Å². The first-order chi connectivity index (χ1) is 2.80. The van der Waals surface area contributed by atoms with Crippen molar-refractivity contribution in [1.29, 1.82) is 0 Å². The molecule has 1 rings (SSSR count). The van der Waals surface area contributed by atoms with E-state index in [4.69, 9.17) is 5.02 Å². The molecule has 1 aliphatic heterocycles. The van der Waals surface area contributed by atoms with E-state index < -0.39 is 0 Å². The monoisotopic (exact) mass is 85.1 g/mol. The molecule has 0 bridgehead atoms. The fourth-order valence-electron chi connectivity index (χ4n) is 0.431. The third-order valence-corrected chi connectivity index (χ3v) is 1.01. The summed E-state index contributed by atoms with van der Waals surface area (Å²) in [5, 5.41) is 8.62. The van der Waals surface area contributed by atoms with E-state index in [1.54, 1.807) is 6.82 Å². The summed E-state index contributed by atoms with van der Waals surface area (Å²) in [4.78, 5) is 1.97. The van der Waals surface area contributed by atoms with Gasteiger partial charge in [0.05, 0.1) is 0 Å². The molecular weight excluding hydrogens is 76.9 g/mol. The maximum Gasteiger partial charge on any atom is 0.376 e. The molecule has 0 aromatic heterocycles. The first-order valence-corrected chi connectivity index (χ1v) is 2.23. The van der Waals surface area contributed by atoms with Crippen molar-refractivity contribution >= 4 is 7.05 Å². The van der Waals surface area contributed by atoms with Gasteiger partial charge in [-0.1, -0.05) is 0 Å². The summed E-state index contributed by atoms with van der Waals surface area (Å²) in [5.41, 5.74) is 0. The molecular formula is C3H8BNO. The van der Waals surface area contributed by atoms with Crippen molar-refractivity contribution in [2.24, 2.45) is 0 Å². The number of hydrogen-bond acceptors (Lipinski definition) is 2. The SMILES string of the molecule is CB(O)N1CC1. The van der Waals surface area contributed by atoms with Gasteiger partial charge in [-0.05, 0) is 6.82 Å². The Labute approximate surface area is 37.9 Å². The van der Waals surface area contributed by atoms with Crippen LogP contribution >= 0.6 is 0 Å². The highest BCUT2D eigenvalue weighted by Gasteiger charge is 2.24. The smallest absolute Gasteiger partial charge is 0.376 e. The molecule has 0 spiro atoms. The Morgan fingerprint density at radius 1 is 1.67 bits per heavy atom. The minimum Gasteiger partial charge on any atom is -0.437 e. The van der Waals surface area contributed by atoms with Crippen LogP contribution in [0.2, 0.25) is 6.82 Å². The lowest BCUT2D eigenvalue weighted by Crippen LogP contribution is -2.17. The lowest BCUT2D eigenvalue weighted by atomic mass is 9.89. The third-order valence-electron chi connectivity index (χ3n) is 1.01. The van der Waals surface area contributed by atoms with Gasteiger partial charge >= 0.3 is 7.05 Å². The van der Waals surface area contributed by atoms with Crippen molar-refractivity contribution in [3.8, 4) is 0 Å². The van der Waals surface area contributed by atoms with E-state index in [1.165, 1.54) is 0 Å². The fourth-order valence-corrected chi connectivity index (χ4v) is 0.431. The molecule has 6 heavy (non-hydrogen) atoms. The molecule has 0 aromatic carbocycles. The van der Waals surface area contributed by atoms with Crippen LogP contribution < -0.4 is 0 Å². The second-order valence-corrected chi connectivity index (χ2v) is 1.67. The Morgan fingerprint density at radius 3 is 2.17 bits per heavy atom. The third kappa shape index (κ3) is 0.728. The van der Waals surface area contributed by atoms with Gasteiger partial charge in [-0.3, -0.25) is 0 Å². The van der Waals surface area contributed by atoms with Gasteiger partial charge in [0.25, 0.3) is 0 Å². The second-order valence-electron chi connectivity index (χ2n) is 1.67. The van der Waals surface area contributed by atoms with E-state index in [0.717, 1.165) is 13.1 Å². The average molecular weight is 84.9 g/mol. The van der Waals surface area contributed by atoms with Crippen LogP contribution in [-0.4, -0.2) is 30.0 Å². The Hall–Kier alpha value is -0.0151. The molecule has 0 aromatic rings. The van der Waals surface area contributed by atoms with Crippen molar-refractivity contribution < 1.29 is 5.02 Å². The van der Waals surface area contributed by atoms with E-state index in [2.05, 4.69) is 0 Å². The van der Waals surface area contributed by atoms with E-state index in [0.29, 0.717) is 0 Å². The van der Waals surface area contributed by atoms with Gasteiger partial charge in [-0.2, -0.15) is 0 Å². The highest BCUT2D eigenvalue weighted by atomic mass is 16.2. The summed E-state index contributed by atoms with van der Waals surface area (Å²) in [5.74, 6) is 0. The zero-order valence-corrected chi connectivity index (χ0v) is 3.89. The molecule has 1 saturated heterocycles.